The molecule has 5 aromatic rings. The molecular weight excluding hydrogens is 583 g/mol. The predicted molar refractivity (Wildman–Crippen MR) is 146 cm³/mol. The average molecular weight is 611 g/mol. The van der Waals surface area contributed by atoms with Crippen LogP contribution in [0.15, 0.2) is 109 Å². The molecular formula is C35H28Cl2Zr. The number of benzene rings is 5. The topological polar surface area (TPSA) is 0 Å². The number of hydrogen-bond acceptors (Lipinski definition) is 0. The molecule has 0 N–H and O–H groups in total. The van der Waals surface area contributed by atoms with E-state index in [0.29, 0.717) is 0 Å². The first-order chi connectivity index (χ1) is 17.3. The first-order valence-corrected chi connectivity index (χ1v) is 12.8. The summed E-state index contributed by atoms with van der Waals surface area (Å²) in [7, 11) is 0. The van der Waals surface area contributed by atoms with Crippen molar-refractivity contribution in [2.24, 2.45) is 0 Å². The van der Waals surface area contributed by atoms with Crippen molar-refractivity contribution in [2.45, 2.75) is 32.1 Å². The standard InChI is InChI=1S/C35H28.2ClH.Zr/c1-2-9-24(10-3-1)21-29-20-19-26(34-23-28-12-5-7-15-31(28)35(29)34)18-17-25-13-8-16-32-30-14-6-4-11-27(30)22-33(25)32;;;/h1-16,19-20H,17-18,21-23H2;2*1H;/q;;;+2/p-2. The molecule has 3 heteroatoms. The maximum absolute atomic E-state index is 2.42. The van der Waals surface area contributed by atoms with Gasteiger partial charge in [-0.05, 0) is 98.9 Å². The van der Waals surface area contributed by atoms with Gasteiger partial charge in [0.2, 0.25) is 0 Å². The predicted octanol–water partition coefficient (Wildman–Crippen LogP) is 2.21. The summed E-state index contributed by atoms with van der Waals surface area (Å²) in [6, 6.07) is 40.5. The summed E-state index contributed by atoms with van der Waals surface area (Å²) in [6.07, 6.45) is 5.30. The number of fused-ring (bicyclic) bond motifs is 6. The molecule has 0 spiro atoms. The molecule has 7 rings (SSSR count). The molecule has 0 atom stereocenters. The minimum atomic E-state index is 0. The molecule has 0 saturated carbocycles. The van der Waals surface area contributed by atoms with E-state index in [0.717, 1.165) is 32.1 Å². The zero-order chi connectivity index (χ0) is 23.2. The van der Waals surface area contributed by atoms with Crippen molar-refractivity contribution in [1.29, 1.82) is 0 Å². The number of halogens is 2. The monoisotopic (exact) mass is 608 g/mol. The summed E-state index contributed by atoms with van der Waals surface area (Å²) in [5.41, 5.74) is 17.7. The van der Waals surface area contributed by atoms with E-state index in [2.05, 4.69) is 109 Å². The Morgan fingerprint density at radius 3 is 1.76 bits per heavy atom. The molecule has 186 valence electrons. The largest absolute Gasteiger partial charge is 2.00 e. The van der Waals surface area contributed by atoms with Crippen LogP contribution in [0.4, 0.5) is 0 Å². The van der Waals surface area contributed by atoms with Gasteiger partial charge in [0.25, 0.3) is 0 Å². The number of rotatable bonds is 5. The molecule has 2 aliphatic rings. The van der Waals surface area contributed by atoms with Crippen LogP contribution in [-0.2, 0) is 58.3 Å². The van der Waals surface area contributed by atoms with Crippen LogP contribution in [0.25, 0.3) is 22.3 Å². The van der Waals surface area contributed by atoms with Crippen LogP contribution >= 0.6 is 0 Å². The fraction of sp³-hybridized carbons (Fsp3) is 0.143. The first kappa shape index (κ1) is 28.6. The van der Waals surface area contributed by atoms with E-state index in [1.54, 1.807) is 5.56 Å². The van der Waals surface area contributed by atoms with E-state index in [1.165, 1.54) is 61.2 Å². The maximum atomic E-state index is 2.42. The van der Waals surface area contributed by atoms with Crippen LogP contribution in [0.2, 0.25) is 0 Å². The number of aryl methyl sites for hydroxylation is 2. The maximum Gasteiger partial charge on any atom is 2.00 e. The molecule has 0 aromatic heterocycles. The smallest absolute Gasteiger partial charge is 1.00 e. The van der Waals surface area contributed by atoms with Gasteiger partial charge < -0.3 is 24.8 Å². The van der Waals surface area contributed by atoms with Crippen molar-refractivity contribution in [3.63, 3.8) is 0 Å². The van der Waals surface area contributed by atoms with Crippen LogP contribution in [0, 0.1) is 0 Å². The van der Waals surface area contributed by atoms with Gasteiger partial charge in [-0.25, -0.2) is 0 Å². The summed E-state index contributed by atoms with van der Waals surface area (Å²) >= 11 is 0. The van der Waals surface area contributed by atoms with Crippen LogP contribution < -0.4 is 24.8 Å². The van der Waals surface area contributed by atoms with Gasteiger partial charge in [-0.2, -0.15) is 0 Å². The molecule has 2 aliphatic carbocycles. The minimum absolute atomic E-state index is 0. The second-order valence-electron chi connectivity index (χ2n) is 10.0. The molecule has 5 aromatic carbocycles. The van der Waals surface area contributed by atoms with Gasteiger partial charge in [-0.3, -0.25) is 0 Å². The van der Waals surface area contributed by atoms with Crippen LogP contribution in [0.1, 0.15) is 44.5 Å². The van der Waals surface area contributed by atoms with E-state index in [-0.39, 0.29) is 51.0 Å². The molecule has 0 amide bonds. The summed E-state index contributed by atoms with van der Waals surface area (Å²) in [5, 5.41) is 0. The average Bonchev–Trinajstić information content (AvgIpc) is 3.48. The first-order valence-electron chi connectivity index (χ1n) is 12.8. The normalized spacial score (nSPS) is 11.7. The Morgan fingerprint density at radius 1 is 0.447 bits per heavy atom. The van der Waals surface area contributed by atoms with Crippen LogP contribution in [0.5, 0.6) is 0 Å². The van der Waals surface area contributed by atoms with Gasteiger partial charge >= 0.3 is 26.2 Å². The van der Waals surface area contributed by atoms with Gasteiger partial charge in [-0.1, -0.05) is 109 Å². The third-order valence-electron chi connectivity index (χ3n) is 8.00. The summed E-state index contributed by atoms with van der Waals surface area (Å²) in [5.74, 6) is 0. The van der Waals surface area contributed by atoms with Crippen molar-refractivity contribution in [3.05, 3.63) is 154 Å². The number of hydrogen-bond donors (Lipinski definition) is 0. The van der Waals surface area contributed by atoms with Crippen molar-refractivity contribution in [1.82, 2.24) is 0 Å². The molecule has 0 heterocycles. The third-order valence-corrected chi connectivity index (χ3v) is 8.00. The SMILES string of the molecule is [Cl-].[Cl-].[Zr+2].c1ccc(Cc2ccc(CCc3cccc4c3Cc3ccccc3-4)c3c2-c2ccccc2C3)cc1. The van der Waals surface area contributed by atoms with Crippen LogP contribution in [-0.4, -0.2) is 0 Å². The zero-order valence-electron chi connectivity index (χ0n) is 21.2. The molecule has 0 aliphatic heterocycles. The Labute approximate surface area is 257 Å². The van der Waals surface area contributed by atoms with Crippen molar-refractivity contribution < 1.29 is 51.0 Å². The Kier molecular flexibility index (Phi) is 9.15. The fourth-order valence-corrected chi connectivity index (χ4v) is 6.31. The second kappa shape index (κ2) is 12.2. The van der Waals surface area contributed by atoms with E-state index in [9.17, 15) is 0 Å². The van der Waals surface area contributed by atoms with E-state index in [1.807, 2.05) is 0 Å². The third kappa shape index (κ3) is 5.10. The van der Waals surface area contributed by atoms with E-state index in [4.69, 9.17) is 0 Å². The van der Waals surface area contributed by atoms with E-state index < -0.39 is 0 Å². The summed E-state index contributed by atoms with van der Waals surface area (Å²) in [6.45, 7) is 0. The molecule has 0 saturated heterocycles. The fourth-order valence-electron chi connectivity index (χ4n) is 6.31. The quantitative estimate of drug-likeness (QED) is 0.281. The molecule has 0 nitrogen and oxygen atoms in total. The summed E-state index contributed by atoms with van der Waals surface area (Å²) in [4.78, 5) is 0. The van der Waals surface area contributed by atoms with Gasteiger partial charge in [0.05, 0.1) is 0 Å². The van der Waals surface area contributed by atoms with Gasteiger partial charge in [0.1, 0.15) is 0 Å². The Bertz CT molecular complexity index is 1570. The molecule has 0 fully saturated rings. The van der Waals surface area contributed by atoms with Gasteiger partial charge in [0.15, 0.2) is 0 Å². The Morgan fingerprint density at radius 2 is 1.00 bits per heavy atom. The molecule has 38 heavy (non-hydrogen) atoms. The summed E-state index contributed by atoms with van der Waals surface area (Å²) < 4.78 is 0. The van der Waals surface area contributed by atoms with Crippen molar-refractivity contribution in [3.8, 4) is 22.3 Å². The second-order valence-corrected chi connectivity index (χ2v) is 10.0. The molecule has 0 unspecified atom stereocenters. The zero-order valence-corrected chi connectivity index (χ0v) is 25.2. The van der Waals surface area contributed by atoms with Crippen molar-refractivity contribution >= 4 is 0 Å². The van der Waals surface area contributed by atoms with Crippen molar-refractivity contribution in [2.75, 3.05) is 0 Å². The molecule has 0 radical (unpaired) electrons. The van der Waals surface area contributed by atoms with Crippen LogP contribution in [0.3, 0.4) is 0 Å². The Balaban J connectivity index is 0.00000112. The molecule has 0 bridgehead atoms. The minimum Gasteiger partial charge on any atom is -1.00 e. The van der Waals surface area contributed by atoms with Gasteiger partial charge in [-0.15, -0.1) is 0 Å². The Hall–Kier alpha value is -2.44. The van der Waals surface area contributed by atoms with E-state index >= 15 is 0 Å². The van der Waals surface area contributed by atoms with Gasteiger partial charge in [0, 0.05) is 0 Å².